The van der Waals surface area contributed by atoms with Crippen molar-refractivity contribution in [2.24, 2.45) is 5.10 Å². The van der Waals surface area contributed by atoms with Crippen LogP contribution in [-0.2, 0) is 11.3 Å². The maximum absolute atomic E-state index is 12.2. The molecule has 0 atom stereocenters. The number of hydrogen-bond acceptors (Lipinski definition) is 5. The lowest BCUT2D eigenvalue weighted by Gasteiger charge is -2.08. The first-order chi connectivity index (χ1) is 16.0. The van der Waals surface area contributed by atoms with Crippen LogP contribution in [0.25, 0.3) is 10.9 Å². The highest BCUT2D eigenvalue weighted by Gasteiger charge is 2.15. The number of hydrazone groups is 1. The minimum atomic E-state index is -0.556. The summed E-state index contributed by atoms with van der Waals surface area (Å²) in [6.07, 6.45) is 1.61. The van der Waals surface area contributed by atoms with Gasteiger partial charge in [0.25, 0.3) is 5.91 Å². The minimum absolute atomic E-state index is 0.0291. The van der Waals surface area contributed by atoms with E-state index in [-0.39, 0.29) is 11.4 Å². The van der Waals surface area contributed by atoms with Gasteiger partial charge >= 0.3 is 5.69 Å². The van der Waals surface area contributed by atoms with Crippen molar-refractivity contribution >= 4 is 28.7 Å². The molecule has 4 aromatic rings. The lowest BCUT2D eigenvalue weighted by Crippen LogP contribution is -2.24. The summed E-state index contributed by atoms with van der Waals surface area (Å²) in [5.41, 5.74) is 6.42. The zero-order valence-electron chi connectivity index (χ0n) is 18.0. The molecule has 33 heavy (non-hydrogen) atoms. The predicted octanol–water partition coefficient (Wildman–Crippen LogP) is 4.44. The lowest BCUT2D eigenvalue weighted by molar-refractivity contribution is -0.385. The SMILES string of the molecule is Cc1c(/C=N/NC(=O)COc2ccccc2[N+](=O)[O-])c2ccccc2n1Cc1ccccc1. The monoisotopic (exact) mass is 442 g/mol. The number of carbonyl (C=O) groups is 1. The topological polar surface area (TPSA) is 98.8 Å². The van der Waals surface area contributed by atoms with Crippen LogP contribution < -0.4 is 10.2 Å². The summed E-state index contributed by atoms with van der Waals surface area (Å²) in [5, 5.41) is 16.2. The van der Waals surface area contributed by atoms with Crippen molar-refractivity contribution in [2.75, 3.05) is 6.61 Å². The van der Waals surface area contributed by atoms with Gasteiger partial charge in [-0.1, -0.05) is 60.7 Å². The van der Waals surface area contributed by atoms with Crippen LogP contribution in [0.4, 0.5) is 5.69 Å². The molecule has 0 saturated heterocycles. The summed E-state index contributed by atoms with van der Waals surface area (Å²) in [6.45, 7) is 2.35. The molecular formula is C25H22N4O4. The number of carbonyl (C=O) groups excluding carboxylic acids is 1. The van der Waals surface area contributed by atoms with E-state index in [1.807, 2.05) is 43.3 Å². The molecular weight excluding hydrogens is 420 g/mol. The van der Waals surface area contributed by atoms with Crippen LogP contribution >= 0.6 is 0 Å². The molecule has 0 radical (unpaired) electrons. The lowest BCUT2D eigenvalue weighted by atomic mass is 10.1. The van der Waals surface area contributed by atoms with E-state index in [1.54, 1.807) is 12.3 Å². The molecule has 8 nitrogen and oxygen atoms in total. The molecule has 1 aromatic heterocycles. The van der Waals surface area contributed by atoms with E-state index in [2.05, 4.69) is 33.3 Å². The van der Waals surface area contributed by atoms with E-state index in [4.69, 9.17) is 4.74 Å². The molecule has 4 rings (SSSR count). The van der Waals surface area contributed by atoms with E-state index in [9.17, 15) is 14.9 Å². The number of fused-ring (bicyclic) bond motifs is 1. The fraction of sp³-hybridized carbons (Fsp3) is 0.120. The van der Waals surface area contributed by atoms with E-state index in [1.165, 1.54) is 23.8 Å². The summed E-state index contributed by atoms with van der Waals surface area (Å²) >= 11 is 0. The van der Waals surface area contributed by atoms with Crippen LogP contribution in [0.5, 0.6) is 5.75 Å². The first kappa shape index (κ1) is 21.8. The number of para-hydroxylation sites is 3. The second-order valence-electron chi connectivity index (χ2n) is 7.39. The highest BCUT2D eigenvalue weighted by atomic mass is 16.6. The first-order valence-corrected chi connectivity index (χ1v) is 10.3. The van der Waals surface area contributed by atoms with Gasteiger partial charge in [-0.2, -0.15) is 5.10 Å². The molecule has 3 aromatic carbocycles. The number of hydrogen-bond donors (Lipinski definition) is 1. The van der Waals surface area contributed by atoms with Gasteiger partial charge in [0.05, 0.1) is 11.1 Å². The molecule has 1 heterocycles. The van der Waals surface area contributed by atoms with Crippen LogP contribution in [0.3, 0.4) is 0 Å². The first-order valence-electron chi connectivity index (χ1n) is 10.3. The summed E-state index contributed by atoms with van der Waals surface area (Å²) in [5.74, 6) is -0.489. The van der Waals surface area contributed by atoms with E-state index < -0.39 is 17.4 Å². The molecule has 0 aliphatic carbocycles. The fourth-order valence-electron chi connectivity index (χ4n) is 3.66. The second-order valence-corrected chi connectivity index (χ2v) is 7.39. The third-order valence-corrected chi connectivity index (χ3v) is 5.27. The molecule has 0 bridgehead atoms. The van der Waals surface area contributed by atoms with E-state index in [0.717, 1.165) is 28.7 Å². The Labute approximate surface area is 190 Å². The van der Waals surface area contributed by atoms with Gasteiger partial charge in [0, 0.05) is 34.8 Å². The van der Waals surface area contributed by atoms with Crippen molar-refractivity contribution in [1.82, 2.24) is 9.99 Å². The van der Waals surface area contributed by atoms with Gasteiger partial charge in [-0.15, -0.1) is 0 Å². The molecule has 0 unspecified atom stereocenters. The second kappa shape index (κ2) is 9.78. The third kappa shape index (κ3) is 4.90. The Balaban J connectivity index is 1.48. The van der Waals surface area contributed by atoms with Gasteiger partial charge in [0.1, 0.15) is 0 Å². The van der Waals surface area contributed by atoms with E-state index >= 15 is 0 Å². The van der Waals surface area contributed by atoms with Crippen molar-refractivity contribution < 1.29 is 14.5 Å². The van der Waals surface area contributed by atoms with Gasteiger partial charge < -0.3 is 9.30 Å². The van der Waals surface area contributed by atoms with Gasteiger partial charge in [-0.25, -0.2) is 5.43 Å². The van der Waals surface area contributed by atoms with Crippen LogP contribution in [0.2, 0.25) is 0 Å². The van der Waals surface area contributed by atoms with Gasteiger partial charge in [0.15, 0.2) is 12.4 Å². The van der Waals surface area contributed by atoms with Crippen molar-refractivity contribution in [3.8, 4) is 5.75 Å². The molecule has 166 valence electrons. The summed E-state index contributed by atoms with van der Waals surface area (Å²) in [4.78, 5) is 22.7. The Morgan fingerprint density at radius 3 is 2.55 bits per heavy atom. The van der Waals surface area contributed by atoms with Crippen molar-refractivity contribution in [3.63, 3.8) is 0 Å². The maximum Gasteiger partial charge on any atom is 0.310 e. The Morgan fingerprint density at radius 1 is 1.06 bits per heavy atom. The number of benzene rings is 3. The average molecular weight is 442 g/mol. The molecule has 8 heteroatoms. The molecule has 0 spiro atoms. The molecule has 1 amide bonds. The number of amides is 1. The number of ether oxygens (including phenoxy) is 1. The number of aromatic nitrogens is 1. The summed E-state index contributed by atoms with van der Waals surface area (Å²) in [6, 6.07) is 24.1. The average Bonchev–Trinajstić information content (AvgIpc) is 3.09. The van der Waals surface area contributed by atoms with Crippen LogP contribution in [0.1, 0.15) is 16.8 Å². The van der Waals surface area contributed by atoms with E-state index in [0.29, 0.717) is 0 Å². The van der Waals surface area contributed by atoms with Gasteiger partial charge in [-0.05, 0) is 24.6 Å². The van der Waals surface area contributed by atoms with Gasteiger partial charge in [-0.3, -0.25) is 14.9 Å². The van der Waals surface area contributed by atoms with Gasteiger partial charge in [0.2, 0.25) is 0 Å². The number of nitro benzene ring substituents is 1. The molecule has 0 saturated carbocycles. The highest BCUT2D eigenvalue weighted by molar-refractivity contribution is 6.01. The molecule has 0 aliphatic heterocycles. The minimum Gasteiger partial charge on any atom is -0.477 e. The van der Waals surface area contributed by atoms with Crippen LogP contribution in [0, 0.1) is 17.0 Å². The number of nitrogens with one attached hydrogen (secondary N) is 1. The smallest absolute Gasteiger partial charge is 0.310 e. The van der Waals surface area contributed by atoms with Crippen LogP contribution in [0.15, 0.2) is 84.0 Å². The van der Waals surface area contributed by atoms with Crippen molar-refractivity contribution in [2.45, 2.75) is 13.5 Å². The summed E-state index contributed by atoms with van der Waals surface area (Å²) in [7, 11) is 0. The summed E-state index contributed by atoms with van der Waals surface area (Å²) < 4.78 is 7.51. The number of nitrogens with zero attached hydrogens (tertiary/aromatic N) is 3. The van der Waals surface area contributed by atoms with Crippen molar-refractivity contribution in [3.05, 3.63) is 106 Å². The standard InChI is InChI=1S/C25H22N4O4/c1-18-21(15-26-27-25(30)17-33-24-14-8-7-13-23(24)29(31)32)20-11-5-6-12-22(20)28(18)16-19-9-3-2-4-10-19/h2-15H,16-17H2,1H3,(H,27,30)/b26-15+. The Morgan fingerprint density at radius 2 is 1.76 bits per heavy atom. The largest absolute Gasteiger partial charge is 0.477 e. The number of nitro groups is 1. The predicted molar refractivity (Wildman–Crippen MR) is 127 cm³/mol. The zero-order valence-corrected chi connectivity index (χ0v) is 18.0. The normalized spacial score (nSPS) is 11.1. The van der Waals surface area contributed by atoms with Crippen LogP contribution in [-0.4, -0.2) is 28.2 Å². The van der Waals surface area contributed by atoms with Crippen molar-refractivity contribution in [1.29, 1.82) is 0 Å². The zero-order chi connectivity index (χ0) is 23.2. The highest BCUT2D eigenvalue weighted by Crippen LogP contribution is 2.26. The third-order valence-electron chi connectivity index (χ3n) is 5.27. The Hall–Kier alpha value is -4.46. The quantitative estimate of drug-likeness (QED) is 0.248. The maximum atomic E-state index is 12.2. The fourth-order valence-corrected chi connectivity index (χ4v) is 3.66. The molecule has 0 fully saturated rings. The number of rotatable bonds is 8. The molecule has 0 aliphatic rings. The molecule has 1 N–H and O–H groups in total. The Kier molecular flexibility index (Phi) is 6.45. The Bertz CT molecular complexity index is 1330.